The zero-order valence-electron chi connectivity index (χ0n) is 13.9. The van der Waals surface area contributed by atoms with E-state index < -0.39 is 4.92 Å². The van der Waals surface area contributed by atoms with Crippen LogP contribution in [0, 0.1) is 17.0 Å². The lowest BCUT2D eigenvalue weighted by molar-refractivity contribution is -0.384. The standard InChI is InChI=1S/C18H14N6O2/c1-13-11-18(20-23(13)15-7-9-16(10-8-15)24(25)26)22-12-17(19-21-22)14-5-3-2-4-6-14/h2-12H,1H3. The van der Waals surface area contributed by atoms with Gasteiger partial charge in [0, 0.05) is 29.5 Å². The SMILES string of the molecule is Cc1cc(-n2cc(-c3ccccc3)nn2)nn1-c1ccc([N+](=O)[O-])cc1. The number of non-ortho nitro benzene ring substituents is 1. The van der Waals surface area contributed by atoms with E-state index in [4.69, 9.17) is 0 Å². The fourth-order valence-electron chi connectivity index (χ4n) is 2.66. The Morgan fingerprint density at radius 1 is 1.04 bits per heavy atom. The van der Waals surface area contributed by atoms with Gasteiger partial charge in [0.15, 0.2) is 5.82 Å². The van der Waals surface area contributed by atoms with Gasteiger partial charge in [-0.05, 0) is 19.1 Å². The van der Waals surface area contributed by atoms with E-state index in [-0.39, 0.29) is 5.69 Å². The first kappa shape index (κ1) is 15.7. The fraction of sp³-hybridized carbons (Fsp3) is 0.0556. The minimum atomic E-state index is -0.425. The first-order valence-corrected chi connectivity index (χ1v) is 7.91. The van der Waals surface area contributed by atoms with Gasteiger partial charge in [0.25, 0.3) is 5.69 Å². The Kier molecular flexibility index (Phi) is 3.77. The minimum absolute atomic E-state index is 0.0440. The Balaban J connectivity index is 1.67. The van der Waals surface area contributed by atoms with E-state index in [9.17, 15) is 10.1 Å². The first-order chi connectivity index (χ1) is 12.6. The molecule has 0 saturated carbocycles. The van der Waals surface area contributed by atoms with Crippen LogP contribution < -0.4 is 0 Å². The molecule has 26 heavy (non-hydrogen) atoms. The van der Waals surface area contributed by atoms with Gasteiger partial charge in [-0.25, -0.2) is 4.68 Å². The van der Waals surface area contributed by atoms with Gasteiger partial charge >= 0.3 is 0 Å². The van der Waals surface area contributed by atoms with Gasteiger partial charge in [0.1, 0.15) is 5.69 Å². The lowest BCUT2D eigenvalue weighted by atomic mass is 10.2. The lowest BCUT2D eigenvalue weighted by Gasteiger charge is -2.03. The van der Waals surface area contributed by atoms with Crippen molar-refractivity contribution in [1.29, 1.82) is 0 Å². The maximum atomic E-state index is 10.8. The van der Waals surface area contributed by atoms with Crippen LogP contribution in [0.25, 0.3) is 22.8 Å². The van der Waals surface area contributed by atoms with Gasteiger partial charge in [0.2, 0.25) is 0 Å². The lowest BCUT2D eigenvalue weighted by Crippen LogP contribution is -2.01. The predicted molar refractivity (Wildman–Crippen MR) is 95.3 cm³/mol. The molecule has 0 aliphatic heterocycles. The zero-order chi connectivity index (χ0) is 18.1. The number of aryl methyl sites for hydroxylation is 1. The molecule has 0 spiro atoms. The maximum absolute atomic E-state index is 10.8. The Morgan fingerprint density at radius 3 is 2.46 bits per heavy atom. The van der Waals surface area contributed by atoms with Gasteiger partial charge in [-0.15, -0.1) is 10.2 Å². The van der Waals surface area contributed by atoms with Crippen molar-refractivity contribution in [3.8, 4) is 22.8 Å². The predicted octanol–water partition coefficient (Wildman–Crippen LogP) is 3.34. The molecule has 0 N–H and O–H groups in total. The molecule has 4 rings (SSSR count). The summed E-state index contributed by atoms with van der Waals surface area (Å²) in [6, 6.07) is 17.9. The smallest absolute Gasteiger partial charge is 0.258 e. The van der Waals surface area contributed by atoms with Crippen molar-refractivity contribution in [3.05, 3.63) is 82.7 Å². The number of nitro groups is 1. The van der Waals surface area contributed by atoms with E-state index in [1.54, 1.807) is 21.5 Å². The average Bonchev–Trinajstić information content (AvgIpc) is 3.29. The van der Waals surface area contributed by atoms with Crippen molar-refractivity contribution in [2.45, 2.75) is 6.92 Å². The highest BCUT2D eigenvalue weighted by Crippen LogP contribution is 2.20. The van der Waals surface area contributed by atoms with Crippen LogP contribution in [0.15, 0.2) is 66.9 Å². The van der Waals surface area contributed by atoms with Crippen molar-refractivity contribution in [3.63, 3.8) is 0 Å². The molecule has 0 radical (unpaired) electrons. The number of benzene rings is 2. The Labute approximate surface area is 148 Å². The second-order valence-electron chi connectivity index (χ2n) is 5.74. The minimum Gasteiger partial charge on any atom is -0.258 e. The second kappa shape index (κ2) is 6.25. The van der Waals surface area contributed by atoms with Crippen molar-refractivity contribution in [2.24, 2.45) is 0 Å². The number of rotatable bonds is 4. The fourth-order valence-corrected chi connectivity index (χ4v) is 2.66. The van der Waals surface area contributed by atoms with Crippen molar-refractivity contribution in [2.75, 3.05) is 0 Å². The molecular weight excluding hydrogens is 332 g/mol. The van der Waals surface area contributed by atoms with Crippen LogP contribution in [0.4, 0.5) is 5.69 Å². The second-order valence-corrected chi connectivity index (χ2v) is 5.74. The molecule has 2 aromatic heterocycles. The molecule has 2 aromatic carbocycles. The Bertz CT molecular complexity index is 1070. The summed E-state index contributed by atoms with van der Waals surface area (Å²) < 4.78 is 3.32. The van der Waals surface area contributed by atoms with Crippen LogP contribution >= 0.6 is 0 Å². The summed E-state index contributed by atoms with van der Waals surface area (Å²) in [5, 5.41) is 23.7. The third-order valence-corrected chi connectivity index (χ3v) is 3.98. The van der Waals surface area contributed by atoms with Gasteiger partial charge < -0.3 is 0 Å². The molecule has 0 aliphatic rings. The highest BCUT2D eigenvalue weighted by atomic mass is 16.6. The molecule has 4 aromatic rings. The van der Waals surface area contributed by atoms with Crippen LogP contribution in [-0.4, -0.2) is 29.7 Å². The van der Waals surface area contributed by atoms with Crippen molar-refractivity contribution < 1.29 is 4.92 Å². The molecule has 0 amide bonds. The van der Waals surface area contributed by atoms with E-state index in [1.807, 2.05) is 49.5 Å². The molecule has 0 aliphatic carbocycles. The molecule has 0 fully saturated rings. The summed E-state index contributed by atoms with van der Waals surface area (Å²) in [4.78, 5) is 10.4. The highest BCUT2D eigenvalue weighted by Gasteiger charge is 2.12. The monoisotopic (exact) mass is 346 g/mol. The van der Waals surface area contributed by atoms with Gasteiger partial charge in [-0.1, -0.05) is 35.5 Å². The topological polar surface area (TPSA) is 91.7 Å². The molecule has 0 saturated heterocycles. The van der Waals surface area contributed by atoms with Crippen LogP contribution in [0.1, 0.15) is 5.69 Å². The average molecular weight is 346 g/mol. The maximum Gasteiger partial charge on any atom is 0.269 e. The molecule has 128 valence electrons. The van der Waals surface area contributed by atoms with Crippen LogP contribution in [-0.2, 0) is 0 Å². The van der Waals surface area contributed by atoms with Gasteiger partial charge in [-0.2, -0.15) is 4.68 Å². The molecule has 2 heterocycles. The van der Waals surface area contributed by atoms with Crippen molar-refractivity contribution in [1.82, 2.24) is 24.8 Å². The summed E-state index contributed by atoms with van der Waals surface area (Å²) in [6.07, 6.45) is 1.82. The number of nitrogens with zero attached hydrogens (tertiary/aromatic N) is 6. The number of nitro benzene ring substituents is 1. The third-order valence-electron chi connectivity index (χ3n) is 3.98. The molecule has 0 bridgehead atoms. The van der Waals surface area contributed by atoms with Crippen molar-refractivity contribution >= 4 is 5.69 Å². The summed E-state index contributed by atoms with van der Waals surface area (Å²) in [5.41, 5.74) is 3.40. The third kappa shape index (κ3) is 2.84. The molecule has 8 heteroatoms. The molecule has 8 nitrogen and oxygen atoms in total. The first-order valence-electron chi connectivity index (χ1n) is 7.91. The molecule has 0 unspecified atom stereocenters. The van der Waals surface area contributed by atoms with Crippen LogP contribution in [0.2, 0.25) is 0 Å². The Morgan fingerprint density at radius 2 is 1.77 bits per heavy atom. The number of hydrogen-bond donors (Lipinski definition) is 0. The quantitative estimate of drug-likeness (QED) is 0.417. The normalized spacial score (nSPS) is 10.8. The van der Waals surface area contributed by atoms with E-state index in [1.165, 1.54) is 12.1 Å². The zero-order valence-corrected chi connectivity index (χ0v) is 13.9. The molecular formula is C18H14N6O2. The Hall–Kier alpha value is -3.81. The number of hydrogen-bond acceptors (Lipinski definition) is 5. The van der Waals surface area contributed by atoms with Crippen LogP contribution in [0.5, 0.6) is 0 Å². The highest BCUT2D eigenvalue weighted by molar-refractivity contribution is 5.57. The van der Waals surface area contributed by atoms with E-state index in [2.05, 4.69) is 15.4 Å². The van der Waals surface area contributed by atoms with E-state index >= 15 is 0 Å². The van der Waals surface area contributed by atoms with Gasteiger partial charge in [-0.3, -0.25) is 10.1 Å². The summed E-state index contributed by atoms with van der Waals surface area (Å²) in [7, 11) is 0. The number of aromatic nitrogens is 5. The summed E-state index contributed by atoms with van der Waals surface area (Å²) in [6.45, 7) is 1.91. The van der Waals surface area contributed by atoms with Gasteiger partial charge in [0.05, 0.1) is 16.8 Å². The summed E-state index contributed by atoms with van der Waals surface area (Å²) in [5.74, 6) is 0.621. The van der Waals surface area contributed by atoms with Crippen LogP contribution in [0.3, 0.4) is 0 Å². The van der Waals surface area contributed by atoms with E-state index in [0.29, 0.717) is 5.82 Å². The summed E-state index contributed by atoms with van der Waals surface area (Å²) >= 11 is 0. The van der Waals surface area contributed by atoms with E-state index in [0.717, 1.165) is 22.6 Å². The largest absolute Gasteiger partial charge is 0.269 e. The molecule has 0 atom stereocenters.